The second-order valence-electron chi connectivity index (χ2n) is 9.69. The summed E-state index contributed by atoms with van der Waals surface area (Å²) in [5.41, 5.74) is 2.72. The molecule has 2 aliphatic rings. The number of carbonyl (C=O) groups excluding carboxylic acids is 2. The molecule has 1 saturated heterocycles. The van der Waals surface area contributed by atoms with Crippen LogP contribution in [0.2, 0.25) is 0 Å². The van der Waals surface area contributed by atoms with Crippen molar-refractivity contribution in [1.29, 1.82) is 0 Å². The van der Waals surface area contributed by atoms with Crippen molar-refractivity contribution in [2.75, 3.05) is 34.9 Å². The monoisotopic (exact) mass is 683 g/mol. The lowest BCUT2D eigenvalue weighted by molar-refractivity contribution is -0.0536. The van der Waals surface area contributed by atoms with Crippen molar-refractivity contribution in [3.05, 3.63) is 53.6 Å². The number of benzene rings is 2. The molecule has 10 heteroatoms. The number of rotatable bonds is 7. The lowest BCUT2D eigenvalue weighted by atomic mass is 9.94. The summed E-state index contributed by atoms with van der Waals surface area (Å²) in [6.07, 6.45) is 6.08. The second kappa shape index (κ2) is 13.3. The Kier molecular flexibility index (Phi) is 10.1. The number of hydrogen-bond donors (Lipinski definition) is 3. The minimum atomic E-state index is -0.578. The van der Waals surface area contributed by atoms with Crippen molar-refractivity contribution in [1.82, 2.24) is 15.5 Å². The first kappa shape index (κ1) is 28.1. The first-order chi connectivity index (χ1) is 17.9. The van der Waals surface area contributed by atoms with E-state index >= 15 is 0 Å². The van der Waals surface area contributed by atoms with Gasteiger partial charge in [0.05, 0.1) is 10.1 Å². The number of aryl methyl sites for hydroxylation is 1. The van der Waals surface area contributed by atoms with Crippen LogP contribution in [0, 0.1) is 6.92 Å². The quantitative estimate of drug-likeness (QED) is 0.205. The molecule has 1 aliphatic carbocycles. The number of ether oxygens (including phenoxy) is 1. The fourth-order valence-corrected chi connectivity index (χ4v) is 5.86. The van der Waals surface area contributed by atoms with Crippen molar-refractivity contribution >= 4 is 61.8 Å². The number of nitrogens with zero attached hydrogens (tertiary/aromatic N) is 2. The largest absolute Gasteiger partial charge is 0.462 e. The Morgan fingerprint density at radius 2 is 1.95 bits per heavy atom. The van der Waals surface area contributed by atoms with Gasteiger partial charge in [-0.1, -0.05) is 69.9 Å². The van der Waals surface area contributed by atoms with Crippen LogP contribution in [-0.4, -0.2) is 58.7 Å². The Morgan fingerprint density at radius 1 is 1.19 bits per heavy atom. The number of imide groups is 1. The average Bonchev–Trinajstić information content (AvgIpc) is 2.91. The third-order valence-corrected chi connectivity index (χ3v) is 8.54. The van der Waals surface area contributed by atoms with Crippen LogP contribution in [-0.2, 0) is 0 Å². The highest BCUT2D eigenvalue weighted by atomic mass is 127. The van der Waals surface area contributed by atoms with E-state index in [2.05, 4.69) is 59.4 Å². The number of anilines is 2. The molecule has 37 heavy (non-hydrogen) atoms. The van der Waals surface area contributed by atoms with Crippen LogP contribution in [0.3, 0.4) is 0 Å². The molecule has 2 atom stereocenters. The molecular weight excluding hydrogens is 649 g/mol. The Bertz CT molecular complexity index is 1100. The van der Waals surface area contributed by atoms with Crippen LogP contribution in [0.1, 0.15) is 48.0 Å². The van der Waals surface area contributed by atoms with Crippen LogP contribution >= 0.6 is 38.5 Å². The van der Waals surface area contributed by atoms with Gasteiger partial charge in [0.1, 0.15) is 5.75 Å². The van der Waals surface area contributed by atoms with Crippen molar-refractivity contribution in [3.63, 3.8) is 0 Å². The van der Waals surface area contributed by atoms with Gasteiger partial charge in [0.2, 0.25) is 6.35 Å². The van der Waals surface area contributed by atoms with E-state index in [1.54, 1.807) is 18.2 Å². The summed E-state index contributed by atoms with van der Waals surface area (Å²) in [5.74, 6) is 0.321. The van der Waals surface area contributed by atoms with E-state index in [1.807, 2.05) is 43.1 Å². The van der Waals surface area contributed by atoms with E-state index in [-0.39, 0.29) is 6.35 Å². The van der Waals surface area contributed by atoms with E-state index in [4.69, 9.17) is 4.74 Å². The van der Waals surface area contributed by atoms with Crippen molar-refractivity contribution in [2.24, 2.45) is 0 Å². The summed E-state index contributed by atoms with van der Waals surface area (Å²) >= 11 is 6.00. The molecule has 0 aromatic heterocycles. The van der Waals surface area contributed by atoms with E-state index in [1.165, 1.54) is 32.1 Å². The highest BCUT2D eigenvalue weighted by Gasteiger charge is 2.34. The highest BCUT2D eigenvalue weighted by molar-refractivity contribution is 14.1. The van der Waals surface area contributed by atoms with Gasteiger partial charge < -0.3 is 15.0 Å². The summed E-state index contributed by atoms with van der Waals surface area (Å²) in [5, 5.41) is 8.74. The minimum absolute atomic E-state index is 0.184. The molecule has 1 aliphatic heterocycles. The number of carbonyl (C=O) groups is 2. The molecule has 3 amide bonds. The van der Waals surface area contributed by atoms with Crippen molar-refractivity contribution in [3.8, 4) is 5.75 Å². The number of nitrogens with one attached hydrogen (secondary N) is 3. The van der Waals surface area contributed by atoms with Gasteiger partial charge in [0, 0.05) is 42.4 Å². The number of halogens is 2. The zero-order valence-corrected chi connectivity index (χ0v) is 25.0. The molecule has 2 fully saturated rings. The number of hydrogen-bond acceptors (Lipinski definition) is 6. The van der Waals surface area contributed by atoms with Crippen LogP contribution in [0.15, 0.2) is 42.5 Å². The normalized spacial score (nSPS) is 20.8. The maximum Gasteiger partial charge on any atom is 0.326 e. The first-order valence-corrected chi connectivity index (χ1v) is 15.2. The Morgan fingerprint density at radius 3 is 2.68 bits per heavy atom. The molecule has 200 valence electrons. The van der Waals surface area contributed by atoms with Gasteiger partial charge in [-0.25, -0.2) is 4.79 Å². The van der Waals surface area contributed by atoms with Gasteiger partial charge in [-0.3, -0.25) is 20.3 Å². The van der Waals surface area contributed by atoms with Gasteiger partial charge in [-0.2, -0.15) is 0 Å². The predicted molar refractivity (Wildman–Crippen MR) is 160 cm³/mol. The number of amides is 3. The van der Waals surface area contributed by atoms with Gasteiger partial charge in [-0.15, -0.1) is 0 Å². The maximum atomic E-state index is 12.8. The molecule has 4 rings (SSSR count). The van der Waals surface area contributed by atoms with Gasteiger partial charge in [0.25, 0.3) is 5.91 Å². The molecule has 1 saturated carbocycles. The molecule has 0 bridgehead atoms. The van der Waals surface area contributed by atoms with Crippen LogP contribution in [0.25, 0.3) is 0 Å². The zero-order chi connectivity index (χ0) is 26.4. The van der Waals surface area contributed by atoms with E-state index in [0.717, 1.165) is 30.1 Å². The van der Waals surface area contributed by atoms with Gasteiger partial charge >= 0.3 is 6.03 Å². The van der Waals surface area contributed by atoms with Crippen molar-refractivity contribution < 1.29 is 14.3 Å². The third-order valence-electron chi connectivity index (χ3n) is 6.91. The smallest absolute Gasteiger partial charge is 0.326 e. The number of urea groups is 1. The van der Waals surface area contributed by atoms with Gasteiger partial charge in [-0.05, 0) is 55.7 Å². The average molecular weight is 684 g/mol. The second-order valence-corrected chi connectivity index (χ2v) is 11.7. The molecule has 3 N–H and O–H groups in total. The Labute approximate surface area is 241 Å². The van der Waals surface area contributed by atoms with Crippen LogP contribution in [0.4, 0.5) is 16.2 Å². The predicted octanol–water partition coefficient (Wildman–Crippen LogP) is 5.45. The SMILES string of the molecule is Cc1cc(NC(=O)NC(=O)c2ccccc2N(C)CI)ccc1OC1NCC(Br)CN1C1CCCCC1. The first-order valence-electron chi connectivity index (χ1n) is 12.7. The molecular formula is C27H35BrIN5O3. The van der Waals surface area contributed by atoms with Crippen molar-refractivity contribution in [2.45, 2.75) is 56.2 Å². The topological polar surface area (TPSA) is 85.9 Å². The van der Waals surface area contributed by atoms with E-state index in [9.17, 15) is 9.59 Å². The lowest BCUT2D eigenvalue weighted by Gasteiger charge is -2.44. The number of para-hydroxylation sites is 1. The fraction of sp³-hybridized carbons (Fsp3) is 0.481. The number of alkyl halides is 2. The van der Waals surface area contributed by atoms with Crippen LogP contribution < -0.4 is 25.6 Å². The van der Waals surface area contributed by atoms with E-state index in [0.29, 0.717) is 26.7 Å². The molecule has 2 aromatic carbocycles. The molecule has 2 aromatic rings. The van der Waals surface area contributed by atoms with Gasteiger partial charge in [0.15, 0.2) is 0 Å². The summed E-state index contributed by atoms with van der Waals surface area (Å²) in [4.78, 5) is 30.2. The summed E-state index contributed by atoms with van der Waals surface area (Å²) in [6, 6.07) is 12.7. The summed E-state index contributed by atoms with van der Waals surface area (Å²) < 4.78 is 7.15. The molecule has 2 unspecified atom stereocenters. The van der Waals surface area contributed by atoms with E-state index < -0.39 is 11.9 Å². The molecule has 8 nitrogen and oxygen atoms in total. The van der Waals surface area contributed by atoms with Crippen LogP contribution in [0.5, 0.6) is 5.75 Å². The highest BCUT2D eigenvalue weighted by Crippen LogP contribution is 2.29. The fourth-order valence-electron chi connectivity index (χ4n) is 4.97. The Hall–Kier alpha value is -1.89. The minimum Gasteiger partial charge on any atom is -0.462 e. The summed E-state index contributed by atoms with van der Waals surface area (Å²) in [7, 11) is 1.90. The lowest BCUT2D eigenvalue weighted by Crippen LogP contribution is -2.61. The summed E-state index contributed by atoms with van der Waals surface area (Å²) in [6.45, 7) is 3.75. The third kappa shape index (κ3) is 7.36. The Balaban J connectivity index is 1.38. The maximum absolute atomic E-state index is 12.8. The molecule has 1 heterocycles. The molecule has 0 radical (unpaired) electrons. The molecule has 0 spiro atoms. The zero-order valence-electron chi connectivity index (χ0n) is 21.3. The standard InChI is InChI=1S/C27H35BrIN5O3/c1-18-14-20(31-26(36)32-25(35)22-10-6-7-11-23(22)33(2)17-29)12-13-24(18)37-27-30-15-19(28)16-34(27)21-8-4-3-5-9-21/h6-7,10-14,19,21,27,30H,3-5,8-9,15-17H2,1-2H3,(H2,31,32,35,36).